The Hall–Kier alpha value is -0.120. The molecule has 96 valence electrons. The van der Waals surface area contributed by atoms with Crippen molar-refractivity contribution in [2.45, 2.75) is 45.1 Å². The molecule has 0 heterocycles. The van der Waals surface area contributed by atoms with E-state index >= 15 is 0 Å². The summed E-state index contributed by atoms with van der Waals surface area (Å²) in [6.07, 6.45) is 6.85. The molecule has 0 amide bonds. The molecule has 0 saturated heterocycles. The molecule has 16 heavy (non-hydrogen) atoms. The fourth-order valence-electron chi connectivity index (χ4n) is 2.82. The summed E-state index contributed by atoms with van der Waals surface area (Å²) < 4.78 is 5.18. The van der Waals surface area contributed by atoms with Gasteiger partial charge in [0.25, 0.3) is 0 Å². The molecule has 0 aromatic carbocycles. The molecule has 3 heteroatoms. The SMILES string of the molecule is CCC1CCCC(N(CCN)CCOC)C1. The molecule has 0 bridgehead atoms. The van der Waals surface area contributed by atoms with Gasteiger partial charge in [-0.25, -0.2) is 0 Å². The van der Waals surface area contributed by atoms with Gasteiger partial charge in [-0.2, -0.15) is 0 Å². The quantitative estimate of drug-likeness (QED) is 0.723. The van der Waals surface area contributed by atoms with E-state index in [0.717, 1.165) is 38.2 Å². The maximum atomic E-state index is 5.69. The van der Waals surface area contributed by atoms with Crippen LogP contribution in [0.2, 0.25) is 0 Å². The summed E-state index contributed by atoms with van der Waals surface area (Å²) >= 11 is 0. The Morgan fingerprint density at radius 3 is 2.75 bits per heavy atom. The monoisotopic (exact) mass is 228 g/mol. The van der Waals surface area contributed by atoms with Gasteiger partial charge in [0.1, 0.15) is 0 Å². The Labute approximate surface area is 100 Å². The van der Waals surface area contributed by atoms with Crippen molar-refractivity contribution in [1.29, 1.82) is 0 Å². The highest BCUT2D eigenvalue weighted by Gasteiger charge is 2.25. The van der Waals surface area contributed by atoms with Gasteiger partial charge < -0.3 is 10.5 Å². The second-order valence-corrected chi connectivity index (χ2v) is 4.91. The highest BCUT2D eigenvalue weighted by molar-refractivity contribution is 4.80. The van der Waals surface area contributed by atoms with E-state index in [0.29, 0.717) is 0 Å². The molecule has 1 saturated carbocycles. The first-order valence-corrected chi connectivity index (χ1v) is 6.74. The van der Waals surface area contributed by atoms with Crippen molar-refractivity contribution in [3.05, 3.63) is 0 Å². The van der Waals surface area contributed by atoms with Gasteiger partial charge in [0, 0.05) is 32.8 Å². The van der Waals surface area contributed by atoms with E-state index < -0.39 is 0 Å². The number of hydrogen-bond acceptors (Lipinski definition) is 3. The number of methoxy groups -OCH3 is 1. The van der Waals surface area contributed by atoms with Crippen LogP contribution in [0.3, 0.4) is 0 Å². The molecule has 1 rings (SSSR count). The van der Waals surface area contributed by atoms with Crippen LogP contribution in [0.15, 0.2) is 0 Å². The molecule has 0 aliphatic heterocycles. The standard InChI is InChI=1S/C13H28N2O/c1-3-12-5-4-6-13(11-12)15(8-7-14)9-10-16-2/h12-13H,3-11,14H2,1-2H3. The Morgan fingerprint density at radius 1 is 1.31 bits per heavy atom. The zero-order valence-corrected chi connectivity index (χ0v) is 11.0. The summed E-state index contributed by atoms with van der Waals surface area (Å²) in [5.74, 6) is 0.932. The first-order valence-electron chi connectivity index (χ1n) is 6.74. The van der Waals surface area contributed by atoms with Crippen LogP contribution in [0, 0.1) is 5.92 Å². The average Bonchev–Trinajstić information content (AvgIpc) is 2.34. The van der Waals surface area contributed by atoms with Crippen LogP contribution in [0.5, 0.6) is 0 Å². The van der Waals surface area contributed by atoms with Gasteiger partial charge in [-0.05, 0) is 18.8 Å². The maximum Gasteiger partial charge on any atom is 0.0589 e. The summed E-state index contributed by atoms with van der Waals surface area (Å²) in [5, 5.41) is 0. The minimum Gasteiger partial charge on any atom is -0.383 e. The summed E-state index contributed by atoms with van der Waals surface area (Å²) in [7, 11) is 1.77. The van der Waals surface area contributed by atoms with E-state index in [2.05, 4.69) is 11.8 Å². The molecule has 0 radical (unpaired) electrons. The maximum absolute atomic E-state index is 5.69. The minimum atomic E-state index is 0.748. The zero-order chi connectivity index (χ0) is 11.8. The van der Waals surface area contributed by atoms with Crippen LogP contribution in [0.1, 0.15) is 39.0 Å². The van der Waals surface area contributed by atoms with Crippen molar-refractivity contribution in [3.8, 4) is 0 Å². The average molecular weight is 228 g/mol. The highest BCUT2D eigenvalue weighted by Crippen LogP contribution is 2.29. The van der Waals surface area contributed by atoms with Crippen molar-refractivity contribution in [2.75, 3.05) is 33.4 Å². The Kier molecular flexibility index (Phi) is 7.01. The van der Waals surface area contributed by atoms with Crippen LogP contribution in [-0.4, -0.2) is 44.3 Å². The third kappa shape index (κ3) is 4.40. The van der Waals surface area contributed by atoms with Crippen LogP contribution in [-0.2, 0) is 4.74 Å². The molecular formula is C13H28N2O. The van der Waals surface area contributed by atoms with Gasteiger partial charge in [-0.1, -0.05) is 26.2 Å². The normalized spacial score (nSPS) is 26.2. The van der Waals surface area contributed by atoms with E-state index in [-0.39, 0.29) is 0 Å². The van der Waals surface area contributed by atoms with Gasteiger partial charge in [0.2, 0.25) is 0 Å². The van der Waals surface area contributed by atoms with Gasteiger partial charge in [0.05, 0.1) is 6.61 Å². The lowest BCUT2D eigenvalue weighted by Gasteiger charge is -2.37. The van der Waals surface area contributed by atoms with Crippen LogP contribution in [0.25, 0.3) is 0 Å². The molecule has 0 spiro atoms. The summed E-state index contributed by atoms with van der Waals surface area (Å²) in [4.78, 5) is 2.53. The topological polar surface area (TPSA) is 38.5 Å². The number of nitrogens with two attached hydrogens (primary N) is 1. The van der Waals surface area contributed by atoms with Gasteiger partial charge in [-0.3, -0.25) is 4.90 Å². The Bertz CT molecular complexity index is 173. The van der Waals surface area contributed by atoms with E-state index in [4.69, 9.17) is 10.5 Å². The third-order valence-corrected chi connectivity index (χ3v) is 3.85. The third-order valence-electron chi connectivity index (χ3n) is 3.85. The lowest BCUT2D eigenvalue weighted by molar-refractivity contribution is 0.0906. The smallest absolute Gasteiger partial charge is 0.0589 e. The predicted molar refractivity (Wildman–Crippen MR) is 68.5 cm³/mol. The number of nitrogens with zero attached hydrogens (tertiary/aromatic N) is 1. The van der Waals surface area contributed by atoms with E-state index in [1.807, 2.05) is 0 Å². The van der Waals surface area contributed by atoms with E-state index in [1.54, 1.807) is 7.11 Å². The molecule has 1 aliphatic rings. The van der Waals surface area contributed by atoms with Gasteiger partial charge >= 0.3 is 0 Å². The van der Waals surface area contributed by atoms with Crippen LogP contribution in [0.4, 0.5) is 0 Å². The molecule has 0 aromatic rings. The fraction of sp³-hybridized carbons (Fsp3) is 1.00. The van der Waals surface area contributed by atoms with E-state index in [1.165, 1.54) is 32.1 Å². The van der Waals surface area contributed by atoms with E-state index in [9.17, 15) is 0 Å². The molecule has 3 nitrogen and oxygen atoms in total. The lowest BCUT2D eigenvalue weighted by Crippen LogP contribution is -2.43. The first-order chi connectivity index (χ1) is 7.81. The Balaban J connectivity index is 2.41. The molecule has 2 unspecified atom stereocenters. The van der Waals surface area contributed by atoms with Gasteiger partial charge in [-0.15, -0.1) is 0 Å². The number of hydrogen-bond donors (Lipinski definition) is 1. The van der Waals surface area contributed by atoms with Gasteiger partial charge in [0.15, 0.2) is 0 Å². The number of ether oxygens (including phenoxy) is 1. The van der Waals surface area contributed by atoms with Crippen molar-refractivity contribution >= 4 is 0 Å². The molecule has 2 atom stereocenters. The summed E-state index contributed by atoms with van der Waals surface area (Å²) in [6.45, 7) is 5.96. The number of rotatable bonds is 7. The molecular weight excluding hydrogens is 200 g/mol. The van der Waals surface area contributed by atoms with Crippen molar-refractivity contribution in [3.63, 3.8) is 0 Å². The molecule has 1 fully saturated rings. The molecule has 2 N–H and O–H groups in total. The zero-order valence-electron chi connectivity index (χ0n) is 11.0. The van der Waals surface area contributed by atoms with Crippen molar-refractivity contribution < 1.29 is 4.74 Å². The fourth-order valence-corrected chi connectivity index (χ4v) is 2.82. The predicted octanol–water partition coefficient (Wildman–Crippen LogP) is 1.86. The first kappa shape index (κ1) is 13.9. The molecule has 1 aliphatic carbocycles. The minimum absolute atomic E-state index is 0.748. The second kappa shape index (κ2) is 8.04. The summed E-state index contributed by atoms with van der Waals surface area (Å²) in [6, 6.07) is 0.748. The summed E-state index contributed by atoms with van der Waals surface area (Å²) in [5.41, 5.74) is 5.69. The van der Waals surface area contributed by atoms with Crippen molar-refractivity contribution in [2.24, 2.45) is 11.7 Å². The Morgan fingerprint density at radius 2 is 2.12 bits per heavy atom. The molecule has 0 aromatic heterocycles. The second-order valence-electron chi connectivity index (χ2n) is 4.91. The highest BCUT2D eigenvalue weighted by atomic mass is 16.5. The lowest BCUT2D eigenvalue weighted by atomic mass is 9.83. The largest absolute Gasteiger partial charge is 0.383 e. The van der Waals surface area contributed by atoms with Crippen LogP contribution < -0.4 is 5.73 Å². The van der Waals surface area contributed by atoms with Crippen molar-refractivity contribution in [1.82, 2.24) is 4.90 Å². The van der Waals surface area contributed by atoms with Crippen LogP contribution >= 0.6 is 0 Å².